The van der Waals surface area contributed by atoms with Crippen LogP contribution in [0.2, 0.25) is 0 Å². The predicted molar refractivity (Wildman–Crippen MR) is 123 cm³/mol. The van der Waals surface area contributed by atoms with E-state index in [9.17, 15) is 4.39 Å². The van der Waals surface area contributed by atoms with E-state index in [1.54, 1.807) is 12.1 Å². The first-order chi connectivity index (χ1) is 13.5. The first kappa shape index (κ1) is 26.1. The molecule has 4 rings (SSSR count). The van der Waals surface area contributed by atoms with Crippen molar-refractivity contribution in [1.82, 2.24) is 0 Å². The van der Waals surface area contributed by atoms with Crippen molar-refractivity contribution < 1.29 is 25.4 Å². The van der Waals surface area contributed by atoms with Crippen LogP contribution in [0.15, 0.2) is 96.0 Å². The number of aromatic nitrogens is 1. The Morgan fingerprint density at radius 3 is 1.55 bits per heavy atom. The average molecular weight is 539 g/mol. The van der Waals surface area contributed by atoms with Gasteiger partial charge in [0.2, 0.25) is 0 Å². The quantitative estimate of drug-likeness (QED) is 0.194. The van der Waals surface area contributed by atoms with Gasteiger partial charge in [0.1, 0.15) is 5.82 Å². The molecule has 0 saturated heterocycles. The van der Waals surface area contributed by atoms with E-state index in [1.165, 1.54) is 34.8 Å². The van der Waals surface area contributed by atoms with Crippen LogP contribution in [0.25, 0.3) is 0 Å². The Hall–Kier alpha value is -0.926. The molecular weight excluding hydrogens is 524 g/mol. The van der Waals surface area contributed by atoms with E-state index >= 15 is 0 Å². The fourth-order valence-corrected chi connectivity index (χ4v) is 4.00. The summed E-state index contributed by atoms with van der Waals surface area (Å²) in [6, 6.07) is 16.2. The third kappa shape index (κ3) is 10.1. The fourth-order valence-electron chi connectivity index (χ4n) is 1.91. The van der Waals surface area contributed by atoms with Crippen molar-refractivity contribution in [1.29, 1.82) is 0 Å². The van der Waals surface area contributed by atoms with Crippen molar-refractivity contribution in [3.8, 4) is 0 Å². The summed E-state index contributed by atoms with van der Waals surface area (Å²) in [6.07, 6.45) is 3.98. The summed E-state index contributed by atoms with van der Waals surface area (Å²) in [6.45, 7) is 0.779. The van der Waals surface area contributed by atoms with Crippen molar-refractivity contribution in [2.75, 3.05) is 0 Å². The fraction of sp³-hybridized carbons (Fsp3) is 0.0500. The number of benzene rings is 1. The van der Waals surface area contributed by atoms with Crippen LogP contribution < -0.4 is 4.57 Å². The smallest absolute Gasteiger partial charge is 0.781 e. The molecule has 3 heterocycles. The number of nitrogens with zero attached hydrogens (tertiary/aromatic N) is 1. The zero-order chi connectivity index (χ0) is 20.4. The standard InChI is InChI=1S/C12H11FN.2C4H4S3.Ni/c13-12-6-4-11(5-7-12)10-14-8-2-1-3-9-14;2*5-3-1-2-7-4(3)6;/h1-9H,10H2;2*1-2,5-6H;/q+1;;;+3/p-4. The number of halogens is 1. The van der Waals surface area contributed by atoms with E-state index in [2.05, 4.69) is 0 Å². The van der Waals surface area contributed by atoms with Crippen LogP contribution in [0.4, 0.5) is 4.39 Å². The molecule has 0 amide bonds. The molecule has 9 heteroatoms. The molecule has 29 heavy (non-hydrogen) atoms. The maximum Gasteiger partial charge on any atom is 3.00 e. The van der Waals surface area contributed by atoms with Crippen LogP contribution >= 0.6 is 22.7 Å². The van der Waals surface area contributed by atoms with Crippen LogP contribution in [0.5, 0.6) is 0 Å². The monoisotopic (exact) mass is 538 g/mol. The minimum atomic E-state index is -0.188. The first-order valence-corrected chi connectivity index (χ1v) is 11.4. The number of hydrogen-bond acceptors (Lipinski definition) is 6. The second kappa shape index (κ2) is 14.1. The molecule has 3 aromatic heterocycles. The van der Waals surface area contributed by atoms with Gasteiger partial charge in [-0.2, -0.15) is 9.79 Å². The van der Waals surface area contributed by atoms with Gasteiger partial charge in [-0.25, -0.2) is 8.96 Å². The van der Waals surface area contributed by atoms with Gasteiger partial charge in [-0.05, 0) is 24.3 Å². The molecule has 153 valence electrons. The van der Waals surface area contributed by atoms with Crippen LogP contribution in [0.1, 0.15) is 5.56 Å². The minimum absolute atomic E-state index is 0. The molecule has 1 aromatic carbocycles. The molecule has 0 spiro atoms. The van der Waals surface area contributed by atoms with Gasteiger partial charge in [0, 0.05) is 17.7 Å². The largest absolute Gasteiger partial charge is 3.00 e. The maximum atomic E-state index is 12.6. The number of pyridine rings is 1. The van der Waals surface area contributed by atoms with E-state index in [4.69, 9.17) is 50.5 Å². The Bertz CT molecular complexity index is 885. The van der Waals surface area contributed by atoms with Gasteiger partial charge in [-0.3, -0.25) is 0 Å². The summed E-state index contributed by atoms with van der Waals surface area (Å²) >= 11 is 22.2. The Balaban J connectivity index is 0.000000237. The second-order valence-electron chi connectivity index (χ2n) is 5.32. The summed E-state index contributed by atoms with van der Waals surface area (Å²) in [5.41, 5.74) is 1.10. The van der Waals surface area contributed by atoms with Gasteiger partial charge in [-0.1, -0.05) is 18.2 Å². The van der Waals surface area contributed by atoms with Crippen molar-refractivity contribution in [2.24, 2.45) is 0 Å². The summed E-state index contributed by atoms with van der Waals surface area (Å²) in [5, 5.41) is 3.81. The van der Waals surface area contributed by atoms with E-state index < -0.39 is 0 Å². The van der Waals surface area contributed by atoms with Gasteiger partial charge in [0.25, 0.3) is 0 Å². The molecule has 1 nitrogen and oxygen atoms in total. The Labute approximate surface area is 211 Å². The van der Waals surface area contributed by atoms with Gasteiger partial charge in [0.05, 0.1) is 0 Å². The minimum Gasteiger partial charge on any atom is -0.781 e. The van der Waals surface area contributed by atoms with E-state index in [0.29, 0.717) is 0 Å². The van der Waals surface area contributed by atoms with Gasteiger partial charge >= 0.3 is 16.5 Å². The molecule has 0 bridgehead atoms. The van der Waals surface area contributed by atoms with Crippen LogP contribution in [-0.4, -0.2) is 0 Å². The molecule has 0 unspecified atom stereocenters. The first-order valence-electron chi connectivity index (χ1n) is 7.97. The molecule has 4 aromatic rings. The zero-order valence-corrected chi connectivity index (χ0v) is 20.7. The van der Waals surface area contributed by atoms with Crippen molar-refractivity contribution >= 4 is 73.2 Å². The van der Waals surface area contributed by atoms with Crippen molar-refractivity contribution in [2.45, 2.75) is 24.8 Å². The third-order valence-electron chi connectivity index (χ3n) is 3.25. The molecule has 0 fully saturated rings. The summed E-state index contributed by atoms with van der Waals surface area (Å²) in [4.78, 5) is 1.61. The molecule has 0 atom stereocenters. The van der Waals surface area contributed by atoms with Gasteiger partial charge in [0.15, 0.2) is 18.9 Å². The number of rotatable bonds is 2. The molecule has 1 radical (unpaired) electrons. The van der Waals surface area contributed by atoms with E-state index in [-0.39, 0.29) is 22.3 Å². The molecular formula is C20H15FNNiS6. The normalized spacial score (nSPS) is 9.28. The number of hydrogen-bond donors (Lipinski definition) is 0. The second-order valence-corrected chi connectivity index (χ2v) is 9.36. The molecule has 0 aliphatic heterocycles. The SMILES string of the molecule is Fc1ccc(C[n+]2ccccc2)cc1.[Ni+3].[S-]c1ccsc1[S-].[S-]c1ccsc1[S-]. The Morgan fingerprint density at radius 1 is 0.724 bits per heavy atom. The third-order valence-corrected chi connectivity index (χ3v) is 6.87. The topological polar surface area (TPSA) is 3.88 Å². The summed E-state index contributed by atoms with van der Waals surface area (Å²) in [7, 11) is 0. The van der Waals surface area contributed by atoms with Crippen LogP contribution in [0, 0.1) is 5.82 Å². The molecule has 0 aliphatic rings. The molecule has 0 N–H and O–H groups in total. The van der Waals surface area contributed by atoms with Crippen molar-refractivity contribution in [3.63, 3.8) is 0 Å². The maximum absolute atomic E-state index is 12.6. The Kier molecular flexibility index (Phi) is 12.7. The van der Waals surface area contributed by atoms with Crippen molar-refractivity contribution in [3.05, 3.63) is 89.1 Å². The summed E-state index contributed by atoms with van der Waals surface area (Å²) in [5.74, 6) is -0.188. The van der Waals surface area contributed by atoms with Gasteiger partial charge in [-0.15, -0.1) is 19.2 Å². The predicted octanol–water partition coefficient (Wildman–Crippen LogP) is 5.28. The van der Waals surface area contributed by atoms with Crippen LogP contribution in [-0.2, 0) is 73.6 Å². The zero-order valence-electron chi connectivity index (χ0n) is 14.8. The Morgan fingerprint density at radius 2 is 1.21 bits per heavy atom. The van der Waals surface area contributed by atoms with E-state index in [1.807, 2.05) is 58.1 Å². The van der Waals surface area contributed by atoms with Crippen LogP contribution in [0.3, 0.4) is 0 Å². The van der Waals surface area contributed by atoms with E-state index in [0.717, 1.165) is 30.3 Å². The average Bonchev–Trinajstić information content (AvgIpc) is 3.26. The molecule has 0 aliphatic carbocycles. The summed E-state index contributed by atoms with van der Waals surface area (Å²) < 4.78 is 16.3. The van der Waals surface area contributed by atoms with Gasteiger partial charge < -0.3 is 73.2 Å². The number of thiophene rings is 2. The molecule has 0 saturated carbocycles.